The molecule has 8 aromatic rings. The van der Waals surface area contributed by atoms with Crippen molar-refractivity contribution in [2.24, 2.45) is 0 Å². The van der Waals surface area contributed by atoms with E-state index in [0.29, 0.717) is 29.1 Å². The first-order chi connectivity index (χ1) is 29.7. The number of hydrogen-bond acceptors (Lipinski definition) is 7. The van der Waals surface area contributed by atoms with Gasteiger partial charge in [0.25, 0.3) is 0 Å². The Morgan fingerprint density at radius 2 is 0.967 bits per heavy atom. The minimum absolute atomic E-state index is 0.0377. The van der Waals surface area contributed by atoms with E-state index in [9.17, 15) is 0 Å². The van der Waals surface area contributed by atoms with E-state index in [4.69, 9.17) is 29.9 Å². The first kappa shape index (κ1) is 37.2. The van der Waals surface area contributed by atoms with Crippen LogP contribution in [0.25, 0.3) is 68.1 Å². The van der Waals surface area contributed by atoms with Gasteiger partial charge in [-0.1, -0.05) is 173 Å². The predicted octanol–water partition coefficient (Wildman–Crippen LogP) is 13.1. The molecule has 0 radical (unpaired) electrons. The maximum absolute atomic E-state index is 5.20. The minimum Gasteiger partial charge on any atom is -0.212 e. The van der Waals surface area contributed by atoms with E-state index < -0.39 is 0 Å². The molecule has 294 valence electrons. The van der Waals surface area contributed by atoms with Crippen molar-refractivity contribution in [3.8, 4) is 68.1 Å². The third-order valence-corrected chi connectivity index (χ3v) is 13.7. The topological polar surface area (TPSA) is 77.3 Å². The van der Waals surface area contributed by atoms with Crippen molar-refractivity contribution < 1.29 is 0 Å². The van der Waals surface area contributed by atoms with E-state index in [-0.39, 0.29) is 16.7 Å². The fourth-order valence-electron chi connectivity index (χ4n) is 9.18. The van der Waals surface area contributed by atoms with Crippen LogP contribution in [0.4, 0.5) is 0 Å². The van der Waals surface area contributed by atoms with Gasteiger partial charge in [-0.25, -0.2) is 29.9 Å². The molecule has 7 heteroatoms. The van der Waals surface area contributed by atoms with Crippen LogP contribution in [0.2, 0.25) is 0 Å². The van der Waals surface area contributed by atoms with Crippen molar-refractivity contribution in [2.75, 3.05) is 0 Å². The number of fused-ring (bicyclic) bond motifs is 5. The molecule has 0 fully saturated rings. The summed E-state index contributed by atoms with van der Waals surface area (Å²) in [5.41, 5.74) is 12.0. The van der Waals surface area contributed by atoms with E-state index in [1.165, 1.54) is 43.2 Å². The van der Waals surface area contributed by atoms with Gasteiger partial charge < -0.3 is 0 Å². The summed E-state index contributed by atoms with van der Waals surface area (Å²) >= 11 is 1.82. The lowest BCUT2D eigenvalue weighted by molar-refractivity contribution is 0.607. The Morgan fingerprint density at radius 3 is 1.69 bits per heavy atom. The van der Waals surface area contributed by atoms with Crippen LogP contribution < -0.4 is 0 Å². The average molecular weight is 807 g/mol. The van der Waals surface area contributed by atoms with Crippen LogP contribution in [0.1, 0.15) is 68.1 Å². The van der Waals surface area contributed by atoms with Gasteiger partial charge in [-0.2, -0.15) is 0 Å². The zero-order valence-electron chi connectivity index (χ0n) is 34.5. The van der Waals surface area contributed by atoms with E-state index >= 15 is 0 Å². The van der Waals surface area contributed by atoms with Crippen molar-refractivity contribution >= 4 is 11.8 Å². The first-order valence-electron chi connectivity index (χ1n) is 20.9. The summed E-state index contributed by atoms with van der Waals surface area (Å²) in [4.78, 5) is 33.5. The number of benzene rings is 6. The molecule has 0 saturated carbocycles. The highest BCUT2D eigenvalue weighted by atomic mass is 32.2. The van der Waals surface area contributed by atoms with Crippen LogP contribution in [0, 0.1) is 0 Å². The summed E-state index contributed by atoms with van der Waals surface area (Å²) in [7, 11) is 0. The summed E-state index contributed by atoms with van der Waals surface area (Å²) in [5, 5.41) is 0. The highest BCUT2D eigenvalue weighted by molar-refractivity contribution is 7.99. The van der Waals surface area contributed by atoms with Crippen LogP contribution in [-0.4, -0.2) is 29.9 Å². The van der Waals surface area contributed by atoms with Crippen molar-refractivity contribution in [1.29, 1.82) is 0 Å². The second kappa shape index (κ2) is 14.4. The van der Waals surface area contributed by atoms with Gasteiger partial charge in [0.05, 0.1) is 0 Å². The van der Waals surface area contributed by atoms with Crippen LogP contribution in [0.3, 0.4) is 0 Å². The largest absolute Gasteiger partial charge is 0.212 e. The number of allylic oxidation sites excluding steroid dienone is 4. The Balaban J connectivity index is 1.03. The van der Waals surface area contributed by atoms with Gasteiger partial charge in [-0.3, -0.25) is 0 Å². The molecule has 2 aromatic heterocycles. The van der Waals surface area contributed by atoms with Gasteiger partial charge in [-0.15, -0.1) is 0 Å². The molecule has 61 heavy (non-hydrogen) atoms. The Bertz CT molecular complexity index is 3110. The fourth-order valence-corrected chi connectivity index (χ4v) is 10.6. The van der Waals surface area contributed by atoms with E-state index in [1.807, 2.05) is 48.2 Å². The monoisotopic (exact) mass is 806 g/mol. The van der Waals surface area contributed by atoms with Crippen LogP contribution in [0.5, 0.6) is 0 Å². The van der Waals surface area contributed by atoms with Gasteiger partial charge in [0.15, 0.2) is 29.1 Å². The molecule has 3 heterocycles. The zero-order valence-corrected chi connectivity index (χ0v) is 35.3. The van der Waals surface area contributed by atoms with Crippen LogP contribution >= 0.6 is 11.8 Å². The van der Waals surface area contributed by atoms with E-state index in [1.54, 1.807) is 0 Å². The molecule has 0 saturated heterocycles. The van der Waals surface area contributed by atoms with Gasteiger partial charge in [0.1, 0.15) is 5.82 Å². The number of aromatic nitrogens is 6. The summed E-state index contributed by atoms with van der Waals surface area (Å²) < 4.78 is 0. The van der Waals surface area contributed by atoms with Gasteiger partial charge >= 0.3 is 0 Å². The Kier molecular flexibility index (Phi) is 8.79. The SMILES string of the molecule is CC1(C)c2ccccc2Sc2ccc(-c3nc(-c4ccccc4)nc(-c4cccc(-c5nc(-c6ccc7c(c6)-c6ccccc6C7(C)C)nc(C6C=CC=CC6)n5)c4)n3)cc21. The molecular formula is C54H42N6S. The van der Waals surface area contributed by atoms with Gasteiger partial charge in [0.2, 0.25) is 0 Å². The molecule has 1 aliphatic heterocycles. The maximum atomic E-state index is 5.20. The second-order valence-corrected chi connectivity index (χ2v) is 18.2. The molecule has 1 unspecified atom stereocenters. The Labute approximate surface area is 360 Å². The first-order valence-corrected chi connectivity index (χ1v) is 21.7. The molecule has 0 spiro atoms. The summed E-state index contributed by atoms with van der Waals surface area (Å²) in [6.45, 7) is 9.21. The Morgan fingerprint density at radius 1 is 0.426 bits per heavy atom. The highest BCUT2D eigenvalue weighted by Crippen LogP contribution is 2.51. The molecule has 0 bridgehead atoms. The van der Waals surface area contributed by atoms with Crippen molar-refractivity contribution in [1.82, 2.24) is 29.9 Å². The molecule has 1 atom stereocenters. The third-order valence-electron chi connectivity index (χ3n) is 12.5. The molecule has 2 aliphatic carbocycles. The second-order valence-electron chi connectivity index (χ2n) is 17.1. The highest BCUT2D eigenvalue weighted by Gasteiger charge is 2.36. The summed E-state index contributed by atoms with van der Waals surface area (Å²) in [6, 6.07) is 49.1. The van der Waals surface area contributed by atoms with E-state index in [0.717, 1.165) is 40.1 Å². The summed E-state index contributed by atoms with van der Waals surface area (Å²) in [6.07, 6.45) is 9.34. The maximum Gasteiger partial charge on any atom is 0.164 e. The lowest BCUT2D eigenvalue weighted by Crippen LogP contribution is -2.23. The van der Waals surface area contributed by atoms with Crippen molar-refractivity contribution in [3.05, 3.63) is 192 Å². The average Bonchev–Trinajstić information content (AvgIpc) is 3.54. The lowest BCUT2D eigenvalue weighted by Gasteiger charge is -2.34. The molecule has 6 aromatic carbocycles. The number of hydrogen-bond donors (Lipinski definition) is 0. The van der Waals surface area contributed by atoms with Crippen LogP contribution in [-0.2, 0) is 10.8 Å². The minimum atomic E-state index is -0.188. The van der Waals surface area contributed by atoms with Gasteiger partial charge in [-0.05, 0) is 70.1 Å². The molecule has 0 N–H and O–H groups in total. The number of rotatable bonds is 6. The molecule has 0 amide bonds. The lowest BCUT2D eigenvalue weighted by atomic mass is 9.77. The Hall–Kier alpha value is -6.83. The smallest absolute Gasteiger partial charge is 0.164 e. The molecule has 11 rings (SSSR count). The van der Waals surface area contributed by atoms with Crippen molar-refractivity contribution in [3.63, 3.8) is 0 Å². The fraction of sp³-hybridized carbons (Fsp3) is 0.148. The number of nitrogens with zero attached hydrogens (tertiary/aromatic N) is 6. The standard InChI is InChI=1S/C54H42N6S/c1-53(2)41-23-12-11-22-39(41)40-31-37(26-28-42(40)53)51-57-47(33-16-7-5-8-17-33)55-49(59-51)35-20-15-21-36(30-35)50-56-48(34-18-9-6-10-19-34)58-52(60-50)38-27-29-46-44(32-38)54(3,4)43-24-13-14-25-45(43)61-46/h5-16,18-33H,17H2,1-4H3. The zero-order chi connectivity index (χ0) is 41.3. The predicted molar refractivity (Wildman–Crippen MR) is 246 cm³/mol. The molecule has 6 nitrogen and oxygen atoms in total. The molecular weight excluding hydrogens is 765 g/mol. The van der Waals surface area contributed by atoms with Crippen LogP contribution in [0.15, 0.2) is 174 Å². The summed E-state index contributed by atoms with van der Waals surface area (Å²) in [5.74, 6) is 3.87. The van der Waals surface area contributed by atoms with Crippen molar-refractivity contribution in [2.45, 2.75) is 60.7 Å². The normalized spacial score (nSPS) is 16.4. The third kappa shape index (κ3) is 6.43. The van der Waals surface area contributed by atoms with E-state index in [2.05, 4.69) is 155 Å². The quantitative estimate of drug-likeness (QED) is 0.166. The van der Waals surface area contributed by atoms with Gasteiger partial charge in [0, 0.05) is 54.4 Å². The molecule has 3 aliphatic rings.